The summed E-state index contributed by atoms with van der Waals surface area (Å²) in [6.45, 7) is 5.81. The minimum Gasteiger partial charge on any atom is -0.487 e. The van der Waals surface area contributed by atoms with Crippen LogP contribution in [0.5, 0.6) is 5.75 Å². The van der Waals surface area contributed by atoms with Crippen LogP contribution in [-0.4, -0.2) is 49.8 Å². The molecule has 2 aliphatic rings. The Morgan fingerprint density at radius 3 is 2.84 bits per heavy atom. The molecule has 5 nitrogen and oxygen atoms in total. The predicted molar refractivity (Wildman–Crippen MR) is 97.8 cm³/mol. The molecule has 1 N–H and O–H groups in total. The van der Waals surface area contributed by atoms with Gasteiger partial charge in [-0.2, -0.15) is 0 Å². The van der Waals surface area contributed by atoms with E-state index in [-0.39, 0.29) is 17.6 Å². The van der Waals surface area contributed by atoms with Crippen molar-refractivity contribution in [2.45, 2.75) is 50.7 Å². The summed E-state index contributed by atoms with van der Waals surface area (Å²) in [5.74, 6) is 1.07. The number of methoxy groups -OCH3 is 1. The normalized spacial score (nSPS) is 22.2. The lowest BCUT2D eigenvalue weighted by molar-refractivity contribution is -0.122. The van der Waals surface area contributed by atoms with Gasteiger partial charge in [-0.25, -0.2) is 0 Å². The Kier molecular flexibility index (Phi) is 5.97. The molecule has 25 heavy (non-hydrogen) atoms. The van der Waals surface area contributed by atoms with E-state index in [0.29, 0.717) is 6.42 Å². The number of piperidine rings is 1. The van der Waals surface area contributed by atoms with Gasteiger partial charge in [0.15, 0.2) is 0 Å². The number of carbonyl (C=O) groups excluding carboxylic acids is 1. The number of hydrogen-bond acceptors (Lipinski definition) is 4. The van der Waals surface area contributed by atoms with Crippen LogP contribution in [0, 0.1) is 0 Å². The summed E-state index contributed by atoms with van der Waals surface area (Å²) in [7, 11) is 1.75. The zero-order chi connectivity index (χ0) is 17.7. The number of rotatable bonds is 6. The van der Waals surface area contributed by atoms with Crippen molar-refractivity contribution in [3.63, 3.8) is 0 Å². The van der Waals surface area contributed by atoms with E-state index >= 15 is 0 Å². The summed E-state index contributed by atoms with van der Waals surface area (Å²) in [5.41, 5.74) is 0.946. The number of ether oxygens (including phenoxy) is 2. The van der Waals surface area contributed by atoms with Gasteiger partial charge in [-0.3, -0.25) is 4.79 Å². The molecule has 1 amide bonds. The number of nitrogens with zero attached hydrogens (tertiary/aromatic N) is 1. The maximum absolute atomic E-state index is 12.2. The van der Waals surface area contributed by atoms with Gasteiger partial charge in [0.2, 0.25) is 5.91 Å². The van der Waals surface area contributed by atoms with E-state index in [4.69, 9.17) is 9.47 Å². The van der Waals surface area contributed by atoms with Gasteiger partial charge < -0.3 is 19.7 Å². The smallest absolute Gasteiger partial charge is 0.220 e. The molecular formula is C20H30N2O3. The van der Waals surface area contributed by atoms with Crippen LogP contribution in [0.1, 0.15) is 50.6 Å². The topological polar surface area (TPSA) is 50.8 Å². The Morgan fingerprint density at radius 1 is 1.36 bits per heavy atom. The van der Waals surface area contributed by atoms with E-state index in [1.807, 2.05) is 25.1 Å². The fourth-order valence-corrected chi connectivity index (χ4v) is 3.95. The molecule has 0 saturated carbocycles. The summed E-state index contributed by atoms with van der Waals surface area (Å²) in [4.78, 5) is 14.6. The number of likely N-dealkylation sites (tertiary alicyclic amines) is 1. The standard InChI is InChI=1S/C20H30N2O3/c1-3-6-19(23)21-17-15-20(25-18-8-5-4-7-16(17)18)9-11-22(12-10-20)13-14-24-2/h4-5,7-8,17H,3,6,9-15H2,1-2H3,(H,21,23)/t17-/m0/s1. The summed E-state index contributed by atoms with van der Waals surface area (Å²) >= 11 is 0. The molecule has 0 aliphatic carbocycles. The molecule has 1 fully saturated rings. The van der Waals surface area contributed by atoms with Crippen molar-refractivity contribution in [1.29, 1.82) is 0 Å². The van der Waals surface area contributed by atoms with Crippen LogP contribution in [0.3, 0.4) is 0 Å². The predicted octanol–water partition coefficient (Wildman–Crippen LogP) is 2.91. The number of hydrogen-bond donors (Lipinski definition) is 1. The Morgan fingerprint density at radius 2 is 2.12 bits per heavy atom. The highest BCUT2D eigenvalue weighted by Gasteiger charge is 2.43. The number of para-hydroxylation sites is 1. The van der Waals surface area contributed by atoms with Crippen molar-refractivity contribution in [2.75, 3.05) is 33.4 Å². The Balaban J connectivity index is 1.72. The van der Waals surface area contributed by atoms with Crippen molar-refractivity contribution in [2.24, 2.45) is 0 Å². The molecule has 0 radical (unpaired) electrons. The van der Waals surface area contributed by atoms with E-state index < -0.39 is 0 Å². The van der Waals surface area contributed by atoms with Crippen LogP contribution >= 0.6 is 0 Å². The first-order valence-corrected chi connectivity index (χ1v) is 9.44. The zero-order valence-corrected chi connectivity index (χ0v) is 15.4. The number of nitrogens with one attached hydrogen (secondary N) is 1. The third-order valence-corrected chi connectivity index (χ3v) is 5.39. The average molecular weight is 346 g/mol. The van der Waals surface area contributed by atoms with Crippen LogP contribution in [0.25, 0.3) is 0 Å². The molecular weight excluding hydrogens is 316 g/mol. The zero-order valence-electron chi connectivity index (χ0n) is 15.4. The Hall–Kier alpha value is -1.59. The first-order chi connectivity index (χ1) is 12.2. The van der Waals surface area contributed by atoms with Gasteiger partial charge in [0.05, 0.1) is 12.6 Å². The fraction of sp³-hybridized carbons (Fsp3) is 0.650. The molecule has 0 aromatic heterocycles. The molecule has 1 saturated heterocycles. The first kappa shape index (κ1) is 18.2. The molecule has 1 spiro atoms. The summed E-state index contributed by atoms with van der Waals surface area (Å²) < 4.78 is 11.7. The number of benzene rings is 1. The van der Waals surface area contributed by atoms with Gasteiger partial charge >= 0.3 is 0 Å². The summed E-state index contributed by atoms with van der Waals surface area (Å²) in [6.07, 6.45) is 4.29. The van der Waals surface area contributed by atoms with Crippen LogP contribution in [-0.2, 0) is 9.53 Å². The van der Waals surface area contributed by atoms with E-state index in [2.05, 4.69) is 16.3 Å². The van der Waals surface area contributed by atoms with Crippen LogP contribution in [0.15, 0.2) is 24.3 Å². The second-order valence-corrected chi connectivity index (χ2v) is 7.23. The highest BCUT2D eigenvalue weighted by atomic mass is 16.5. The minimum absolute atomic E-state index is 0.0505. The second kappa shape index (κ2) is 8.19. The Labute approximate surface area is 150 Å². The van der Waals surface area contributed by atoms with Gasteiger partial charge in [-0.1, -0.05) is 25.1 Å². The molecule has 1 aromatic carbocycles. The van der Waals surface area contributed by atoms with Crippen molar-refractivity contribution in [3.05, 3.63) is 29.8 Å². The average Bonchev–Trinajstić information content (AvgIpc) is 2.61. The molecule has 1 aromatic rings. The number of amides is 1. The van der Waals surface area contributed by atoms with E-state index in [9.17, 15) is 4.79 Å². The van der Waals surface area contributed by atoms with E-state index in [1.54, 1.807) is 7.11 Å². The second-order valence-electron chi connectivity index (χ2n) is 7.23. The molecule has 1 atom stereocenters. The largest absolute Gasteiger partial charge is 0.487 e. The van der Waals surface area contributed by atoms with Crippen molar-refractivity contribution >= 4 is 5.91 Å². The Bertz CT molecular complexity index is 582. The molecule has 2 aliphatic heterocycles. The van der Waals surface area contributed by atoms with Gasteiger partial charge in [0.1, 0.15) is 11.4 Å². The highest BCUT2D eigenvalue weighted by Crippen LogP contribution is 2.44. The van der Waals surface area contributed by atoms with Gasteiger partial charge in [0.25, 0.3) is 0 Å². The molecule has 0 bridgehead atoms. The summed E-state index contributed by atoms with van der Waals surface area (Å²) in [6, 6.07) is 8.19. The molecule has 0 unspecified atom stereocenters. The maximum Gasteiger partial charge on any atom is 0.220 e. The van der Waals surface area contributed by atoms with Crippen LogP contribution < -0.4 is 10.1 Å². The van der Waals surface area contributed by atoms with Crippen LogP contribution in [0.2, 0.25) is 0 Å². The van der Waals surface area contributed by atoms with Crippen LogP contribution in [0.4, 0.5) is 0 Å². The summed E-state index contributed by atoms with van der Waals surface area (Å²) in [5, 5.41) is 3.24. The maximum atomic E-state index is 12.2. The molecule has 5 heteroatoms. The minimum atomic E-state index is -0.165. The van der Waals surface area contributed by atoms with Gasteiger partial charge in [-0.15, -0.1) is 0 Å². The monoisotopic (exact) mass is 346 g/mol. The highest BCUT2D eigenvalue weighted by molar-refractivity contribution is 5.76. The molecule has 2 heterocycles. The lowest BCUT2D eigenvalue weighted by Crippen LogP contribution is -2.52. The lowest BCUT2D eigenvalue weighted by Gasteiger charge is -2.47. The number of carbonyl (C=O) groups is 1. The third-order valence-electron chi connectivity index (χ3n) is 5.39. The van der Waals surface area contributed by atoms with Crippen molar-refractivity contribution in [1.82, 2.24) is 10.2 Å². The lowest BCUT2D eigenvalue weighted by atomic mass is 9.80. The number of fused-ring (bicyclic) bond motifs is 1. The van der Waals surface area contributed by atoms with Crippen molar-refractivity contribution in [3.8, 4) is 5.75 Å². The third kappa shape index (κ3) is 4.33. The first-order valence-electron chi connectivity index (χ1n) is 9.44. The molecule has 138 valence electrons. The van der Waals surface area contributed by atoms with E-state index in [0.717, 1.165) is 63.2 Å². The van der Waals surface area contributed by atoms with Crippen molar-refractivity contribution < 1.29 is 14.3 Å². The van der Waals surface area contributed by atoms with E-state index in [1.165, 1.54) is 0 Å². The fourth-order valence-electron chi connectivity index (χ4n) is 3.95. The molecule has 3 rings (SSSR count). The SMILES string of the molecule is CCCC(=O)N[C@H]1CC2(CCN(CCOC)CC2)Oc2ccccc21. The van der Waals surface area contributed by atoms with Gasteiger partial charge in [-0.05, 0) is 25.3 Å². The quantitative estimate of drug-likeness (QED) is 0.860. The van der Waals surface area contributed by atoms with Gasteiger partial charge in [0, 0.05) is 45.1 Å².